The molecule has 1 fully saturated rings. The Morgan fingerprint density at radius 2 is 1.22 bits per heavy atom. The molecule has 0 aromatic carbocycles. The normalized spacial score (nSPS) is 17.1. The Hall–Kier alpha value is -1.40. The molecule has 6 heteroatoms. The number of carbonyl (C=O) groups excluding carboxylic acids is 2. The highest BCUT2D eigenvalue weighted by atomic mass is 16.6. The van der Waals surface area contributed by atoms with E-state index in [9.17, 15) is 14.7 Å². The van der Waals surface area contributed by atoms with Crippen molar-refractivity contribution in [2.45, 2.75) is 186 Å². The number of aliphatic hydroxyl groups excluding tert-OH is 1. The van der Waals surface area contributed by atoms with Crippen molar-refractivity contribution >= 4 is 11.9 Å². The third-order valence-corrected chi connectivity index (χ3v) is 7.98. The Bertz CT molecular complexity index is 649. The summed E-state index contributed by atoms with van der Waals surface area (Å²) < 4.78 is 16.3. The predicted molar refractivity (Wildman–Crippen MR) is 168 cm³/mol. The molecule has 240 valence electrons. The molecule has 2 unspecified atom stereocenters. The molecule has 1 aliphatic heterocycles. The van der Waals surface area contributed by atoms with Crippen LogP contribution in [0.1, 0.15) is 168 Å². The van der Waals surface area contributed by atoms with E-state index >= 15 is 0 Å². The molecule has 0 spiro atoms. The average molecular weight is 581 g/mol. The van der Waals surface area contributed by atoms with Gasteiger partial charge in [0.25, 0.3) is 0 Å². The third kappa shape index (κ3) is 23.8. The molecule has 0 amide bonds. The highest BCUT2D eigenvalue weighted by Gasteiger charge is 2.36. The van der Waals surface area contributed by atoms with Gasteiger partial charge in [0.05, 0.1) is 18.8 Å². The monoisotopic (exact) mass is 580 g/mol. The highest BCUT2D eigenvalue weighted by Crippen LogP contribution is 2.30. The van der Waals surface area contributed by atoms with E-state index in [1.807, 2.05) is 0 Å². The third-order valence-electron chi connectivity index (χ3n) is 7.98. The van der Waals surface area contributed by atoms with Gasteiger partial charge in [-0.15, -0.1) is 0 Å². The van der Waals surface area contributed by atoms with E-state index in [1.165, 1.54) is 83.5 Å². The number of epoxide rings is 1. The Labute approximate surface area is 252 Å². The summed E-state index contributed by atoms with van der Waals surface area (Å²) in [7, 11) is 0. The Kier molecular flexibility index (Phi) is 25.2. The number of allylic oxidation sites excluding steroid dienone is 1. The lowest BCUT2D eigenvalue weighted by molar-refractivity contribution is -0.161. The summed E-state index contributed by atoms with van der Waals surface area (Å²) in [6, 6.07) is 0. The van der Waals surface area contributed by atoms with E-state index in [0.717, 1.165) is 57.8 Å². The second kappa shape index (κ2) is 27.4. The van der Waals surface area contributed by atoms with Gasteiger partial charge in [-0.25, -0.2) is 0 Å². The van der Waals surface area contributed by atoms with Crippen LogP contribution in [0.3, 0.4) is 0 Å². The molecule has 0 aromatic heterocycles. The standard InChI is InChI=1S/C35H64O6/c1-3-5-7-8-9-10-11-12-16-19-23-27-34(37)39-30-31(29-36)40-35(38)28-24-20-17-14-13-15-18-22-26-33-32(41-33)25-21-6-4-2/h18,22,31-33,36H,3-17,19-21,23-30H2,1-2H3/b22-18-/t31-,32?,33?/m0/s1. The second-order valence-electron chi connectivity index (χ2n) is 12.0. The number of carbonyl (C=O) groups is 2. The van der Waals surface area contributed by atoms with Crippen LogP contribution in [0.2, 0.25) is 0 Å². The fraction of sp³-hybridized carbons (Fsp3) is 0.886. The molecule has 1 saturated heterocycles. The minimum atomic E-state index is -0.775. The number of hydrogen-bond donors (Lipinski definition) is 1. The first-order valence-electron chi connectivity index (χ1n) is 17.4. The first kappa shape index (κ1) is 37.6. The van der Waals surface area contributed by atoms with E-state index in [0.29, 0.717) is 25.0 Å². The summed E-state index contributed by atoms with van der Waals surface area (Å²) in [6.07, 6.45) is 31.5. The lowest BCUT2D eigenvalue weighted by Crippen LogP contribution is -2.28. The first-order chi connectivity index (χ1) is 20.1. The molecule has 6 nitrogen and oxygen atoms in total. The van der Waals surface area contributed by atoms with Gasteiger partial charge in [0.1, 0.15) is 6.61 Å². The van der Waals surface area contributed by atoms with E-state index in [1.54, 1.807) is 0 Å². The SMILES string of the molecule is CCCCCCCCCCCCCC(=O)OC[C@H](CO)OC(=O)CCCCCCC/C=C\CC1OC1CCCCC. The van der Waals surface area contributed by atoms with Gasteiger partial charge in [-0.2, -0.15) is 0 Å². The number of ether oxygens (including phenoxy) is 3. The number of rotatable bonds is 30. The zero-order chi connectivity index (χ0) is 29.8. The van der Waals surface area contributed by atoms with Gasteiger partial charge in [-0.3, -0.25) is 9.59 Å². The minimum absolute atomic E-state index is 0.0704. The Morgan fingerprint density at radius 3 is 1.83 bits per heavy atom. The molecule has 3 atom stereocenters. The summed E-state index contributed by atoms with van der Waals surface area (Å²) in [5.74, 6) is -0.610. The van der Waals surface area contributed by atoms with Crippen LogP contribution < -0.4 is 0 Å². The van der Waals surface area contributed by atoms with Crippen molar-refractivity contribution in [2.75, 3.05) is 13.2 Å². The first-order valence-corrected chi connectivity index (χ1v) is 17.4. The Morgan fingerprint density at radius 1 is 0.683 bits per heavy atom. The maximum Gasteiger partial charge on any atom is 0.306 e. The number of esters is 2. The van der Waals surface area contributed by atoms with Crippen molar-refractivity contribution < 1.29 is 28.9 Å². The molecule has 0 aromatic rings. The largest absolute Gasteiger partial charge is 0.462 e. The number of aliphatic hydroxyl groups is 1. The van der Waals surface area contributed by atoms with Crippen molar-refractivity contribution in [3.8, 4) is 0 Å². The van der Waals surface area contributed by atoms with E-state index in [2.05, 4.69) is 26.0 Å². The number of hydrogen-bond acceptors (Lipinski definition) is 6. The van der Waals surface area contributed by atoms with Gasteiger partial charge in [0.2, 0.25) is 0 Å². The average Bonchev–Trinajstić information content (AvgIpc) is 3.72. The molecule has 1 rings (SSSR count). The lowest BCUT2D eigenvalue weighted by Gasteiger charge is -2.15. The topological polar surface area (TPSA) is 85.4 Å². The highest BCUT2D eigenvalue weighted by molar-refractivity contribution is 5.70. The summed E-state index contributed by atoms with van der Waals surface area (Å²) in [5, 5.41) is 9.50. The smallest absolute Gasteiger partial charge is 0.306 e. The summed E-state index contributed by atoms with van der Waals surface area (Å²) in [4.78, 5) is 24.1. The van der Waals surface area contributed by atoms with Crippen LogP contribution in [0.5, 0.6) is 0 Å². The number of unbranched alkanes of at least 4 members (excludes halogenated alkanes) is 17. The van der Waals surface area contributed by atoms with Crippen molar-refractivity contribution in [3.05, 3.63) is 12.2 Å². The Balaban J connectivity index is 1.90. The van der Waals surface area contributed by atoms with Crippen molar-refractivity contribution in [2.24, 2.45) is 0 Å². The zero-order valence-corrected chi connectivity index (χ0v) is 26.8. The van der Waals surface area contributed by atoms with Gasteiger partial charge >= 0.3 is 11.9 Å². The summed E-state index contributed by atoms with van der Waals surface area (Å²) in [5.41, 5.74) is 0. The molecular formula is C35H64O6. The van der Waals surface area contributed by atoms with Crippen LogP contribution in [-0.2, 0) is 23.8 Å². The minimum Gasteiger partial charge on any atom is -0.462 e. The van der Waals surface area contributed by atoms with E-state index in [4.69, 9.17) is 14.2 Å². The van der Waals surface area contributed by atoms with Crippen molar-refractivity contribution in [1.82, 2.24) is 0 Å². The van der Waals surface area contributed by atoms with Gasteiger partial charge in [0.15, 0.2) is 6.10 Å². The summed E-state index contributed by atoms with van der Waals surface area (Å²) in [6.45, 7) is 4.07. The molecule has 1 N–H and O–H groups in total. The molecule has 1 aliphatic rings. The lowest BCUT2D eigenvalue weighted by atomic mass is 10.1. The van der Waals surface area contributed by atoms with Crippen LogP contribution in [0.4, 0.5) is 0 Å². The van der Waals surface area contributed by atoms with Crippen molar-refractivity contribution in [1.29, 1.82) is 0 Å². The zero-order valence-electron chi connectivity index (χ0n) is 26.8. The van der Waals surface area contributed by atoms with Gasteiger partial charge in [0, 0.05) is 12.8 Å². The molecule has 1 heterocycles. The maximum absolute atomic E-state index is 12.1. The quantitative estimate of drug-likeness (QED) is 0.0394. The molecule has 0 aliphatic carbocycles. The predicted octanol–water partition coefficient (Wildman–Crippen LogP) is 9.16. The van der Waals surface area contributed by atoms with Crippen LogP contribution >= 0.6 is 0 Å². The molecular weight excluding hydrogens is 516 g/mol. The fourth-order valence-electron chi connectivity index (χ4n) is 5.21. The second-order valence-corrected chi connectivity index (χ2v) is 12.0. The van der Waals surface area contributed by atoms with Crippen LogP contribution in [0, 0.1) is 0 Å². The van der Waals surface area contributed by atoms with E-state index < -0.39 is 6.10 Å². The van der Waals surface area contributed by atoms with Crippen molar-refractivity contribution in [3.63, 3.8) is 0 Å². The molecule has 0 radical (unpaired) electrons. The van der Waals surface area contributed by atoms with Gasteiger partial charge in [-0.1, -0.05) is 129 Å². The molecule has 0 bridgehead atoms. The van der Waals surface area contributed by atoms with Crippen LogP contribution in [-0.4, -0.2) is 48.6 Å². The maximum atomic E-state index is 12.1. The molecule has 0 saturated carbocycles. The van der Waals surface area contributed by atoms with Gasteiger partial charge < -0.3 is 19.3 Å². The van der Waals surface area contributed by atoms with Crippen LogP contribution in [0.25, 0.3) is 0 Å². The van der Waals surface area contributed by atoms with E-state index in [-0.39, 0.29) is 25.2 Å². The molecule has 41 heavy (non-hydrogen) atoms. The fourth-order valence-corrected chi connectivity index (χ4v) is 5.21. The van der Waals surface area contributed by atoms with Crippen LogP contribution in [0.15, 0.2) is 12.2 Å². The van der Waals surface area contributed by atoms with Gasteiger partial charge in [-0.05, 0) is 38.5 Å². The summed E-state index contributed by atoms with van der Waals surface area (Å²) >= 11 is 0.